The van der Waals surface area contributed by atoms with E-state index in [-0.39, 0.29) is 6.04 Å². The lowest BCUT2D eigenvalue weighted by atomic mass is 9.98. The first kappa shape index (κ1) is 12.8. The summed E-state index contributed by atoms with van der Waals surface area (Å²) in [5.41, 5.74) is 6.06. The predicted molar refractivity (Wildman–Crippen MR) is 70.0 cm³/mol. The predicted octanol–water partition coefficient (Wildman–Crippen LogP) is 0.242. The van der Waals surface area contributed by atoms with Gasteiger partial charge in [-0.2, -0.15) is 17.0 Å². The summed E-state index contributed by atoms with van der Waals surface area (Å²) in [5, 5.41) is 0. The molecule has 2 aliphatic carbocycles. The van der Waals surface area contributed by atoms with Crippen LogP contribution < -0.4 is 5.73 Å². The van der Waals surface area contributed by atoms with Crippen molar-refractivity contribution in [2.75, 3.05) is 26.7 Å². The zero-order valence-electron chi connectivity index (χ0n) is 11.0. The van der Waals surface area contributed by atoms with Gasteiger partial charge in [-0.05, 0) is 43.4 Å². The molecule has 1 saturated heterocycles. The summed E-state index contributed by atoms with van der Waals surface area (Å²) in [6.45, 7) is 1.99. The van der Waals surface area contributed by atoms with Crippen molar-refractivity contribution in [3.05, 3.63) is 0 Å². The molecule has 2 N–H and O–H groups in total. The van der Waals surface area contributed by atoms with Crippen molar-refractivity contribution in [1.29, 1.82) is 0 Å². The highest BCUT2D eigenvalue weighted by Gasteiger charge is 2.46. The van der Waals surface area contributed by atoms with Crippen molar-refractivity contribution < 1.29 is 8.42 Å². The average molecular weight is 273 g/mol. The molecule has 1 aliphatic heterocycles. The average Bonchev–Trinajstić information content (AvgIpc) is 2.90. The molecule has 6 heteroatoms. The SMILES string of the molecule is CN(CC1CC1)S(=O)(=O)N1CC2CCC(N)C2C1. The van der Waals surface area contributed by atoms with Crippen molar-refractivity contribution in [3.8, 4) is 0 Å². The molecule has 0 aromatic heterocycles. The monoisotopic (exact) mass is 273 g/mol. The molecular weight excluding hydrogens is 250 g/mol. The minimum atomic E-state index is -3.25. The summed E-state index contributed by atoms with van der Waals surface area (Å²) in [7, 11) is -1.54. The molecule has 3 aliphatic rings. The maximum atomic E-state index is 12.4. The van der Waals surface area contributed by atoms with Crippen LogP contribution in [0.15, 0.2) is 0 Å². The molecule has 0 bridgehead atoms. The first-order chi connectivity index (χ1) is 8.48. The van der Waals surface area contributed by atoms with Crippen molar-refractivity contribution in [3.63, 3.8) is 0 Å². The van der Waals surface area contributed by atoms with Crippen molar-refractivity contribution in [2.45, 2.75) is 31.7 Å². The van der Waals surface area contributed by atoms with Crippen molar-refractivity contribution in [1.82, 2.24) is 8.61 Å². The summed E-state index contributed by atoms with van der Waals surface area (Å²) < 4.78 is 28.1. The third kappa shape index (κ3) is 2.19. The van der Waals surface area contributed by atoms with Gasteiger partial charge in [-0.3, -0.25) is 0 Å². The molecule has 3 atom stereocenters. The molecular formula is C12H23N3O2S. The molecule has 3 rings (SSSR count). The molecule has 0 spiro atoms. The Morgan fingerprint density at radius 2 is 1.94 bits per heavy atom. The molecule has 2 saturated carbocycles. The molecule has 0 aromatic carbocycles. The van der Waals surface area contributed by atoms with Crippen LogP contribution in [0.4, 0.5) is 0 Å². The Hall–Kier alpha value is -0.170. The fraction of sp³-hybridized carbons (Fsp3) is 1.00. The van der Waals surface area contributed by atoms with Gasteiger partial charge in [-0.25, -0.2) is 0 Å². The first-order valence-corrected chi connectivity index (χ1v) is 8.35. The van der Waals surface area contributed by atoms with Gasteiger partial charge in [-0.15, -0.1) is 0 Å². The minimum Gasteiger partial charge on any atom is -0.327 e. The molecule has 0 amide bonds. The molecule has 0 aromatic rings. The van der Waals surface area contributed by atoms with Crippen LogP contribution in [-0.2, 0) is 10.2 Å². The summed E-state index contributed by atoms with van der Waals surface area (Å²) in [4.78, 5) is 0. The van der Waals surface area contributed by atoms with Gasteiger partial charge in [0.25, 0.3) is 10.2 Å². The van der Waals surface area contributed by atoms with E-state index in [2.05, 4.69) is 0 Å². The zero-order valence-corrected chi connectivity index (χ0v) is 11.8. The lowest BCUT2D eigenvalue weighted by molar-refractivity contribution is 0.369. The van der Waals surface area contributed by atoms with Crippen LogP contribution in [0.25, 0.3) is 0 Å². The Morgan fingerprint density at radius 1 is 1.22 bits per heavy atom. The number of hydrogen-bond donors (Lipinski definition) is 1. The molecule has 5 nitrogen and oxygen atoms in total. The maximum Gasteiger partial charge on any atom is 0.281 e. The van der Waals surface area contributed by atoms with E-state index in [0.717, 1.165) is 12.8 Å². The highest BCUT2D eigenvalue weighted by Crippen LogP contribution is 2.39. The van der Waals surface area contributed by atoms with E-state index >= 15 is 0 Å². The second-order valence-corrected chi connectivity index (χ2v) is 8.25. The van der Waals surface area contributed by atoms with Crippen LogP contribution in [0.5, 0.6) is 0 Å². The first-order valence-electron chi connectivity index (χ1n) is 6.95. The van der Waals surface area contributed by atoms with E-state index in [4.69, 9.17) is 5.73 Å². The highest BCUT2D eigenvalue weighted by molar-refractivity contribution is 7.86. The van der Waals surface area contributed by atoms with Crippen molar-refractivity contribution >= 4 is 10.2 Å². The number of nitrogens with zero attached hydrogens (tertiary/aromatic N) is 2. The molecule has 3 unspecified atom stereocenters. The fourth-order valence-corrected chi connectivity index (χ4v) is 4.94. The summed E-state index contributed by atoms with van der Waals surface area (Å²) in [5.74, 6) is 1.47. The minimum absolute atomic E-state index is 0.198. The summed E-state index contributed by atoms with van der Waals surface area (Å²) >= 11 is 0. The van der Waals surface area contributed by atoms with Gasteiger partial charge in [0.05, 0.1) is 0 Å². The molecule has 18 heavy (non-hydrogen) atoms. The van der Waals surface area contributed by atoms with Crippen LogP contribution in [0.2, 0.25) is 0 Å². The number of rotatable bonds is 4. The van der Waals surface area contributed by atoms with E-state index in [1.165, 1.54) is 17.1 Å². The number of nitrogens with two attached hydrogens (primary N) is 1. The Bertz CT molecular complexity index is 421. The second kappa shape index (κ2) is 4.44. The van der Waals surface area contributed by atoms with Gasteiger partial charge < -0.3 is 5.73 Å². The standard InChI is InChI=1S/C12H23N3O2S/c1-14(6-9-2-3-9)18(16,17)15-7-10-4-5-12(13)11(10)8-15/h9-12H,2-8,13H2,1H3. The van der Waals surface area contributed by atoms with E-state index in [9.17, 15) is 8.42 Å². The van der Waals surface area contributed by atoms with E-state index in [1.807, 2.05) is 0 Å². The Balaban J connectivity index is 1.67. The second-order valence-electron chi connectivity index (χ2n) is 6.21. The van der Waals surface area contributed by atoms with Gasteiger partial charge in [0.15, 0.2) is 0 Å². The number of fused-ring (bicyclic) bond motifs is 1. The summed E-state index contributed by atoms with van der Waals surface area (Å²) in [6.07, 6.45) is 4.50. The fourth-order valence-electron chi connectivity index (χ4n) is 3.41. The maximum absolute atomic E-state index is 12.4. The highest BCUT2D eigenvalue weighted by atomic mass is 32.2. The largest absolute Gasteiger partial charge is 0.327 e. The Morgan fingerprint density at radius 3 is 2.56 bits per heavy atom. The third-order valence-corrected chi connectivity index (χ3v) is 6.70. The van der Waals surface area contributed by atoms with Crippen LogP contribution in [0.3, 0.4) is 0 Å². The molecule has 1 heterocycles. The van der Waals surface area contributed by atoms with E-state index < -0.39 is 10.2 Å². The Kier molecular flexibility index (Phi) is 3.17. The van der Waals surface area contributed by atoms with Crippen molar-refractivity contribution in [2.24, 2.45) is 23.5 Å². The third-order valence-electron chi connectivity index (χ3n) is 4.81. The lowest BCUT2D eigenvalue weighted by Crippen LogP contribution is -2.42. The molecule has 3 fully saturated rings. The zero-order chi connectivity index (χ0) is 12.9. The molecule has 0 radical (unpaired) electrons. The van der Waals surface area contributed by atoms with Crippen LogP contribution in [-0.4, -0.2) is 49.8 Å². The quantitative estimate of drug-likeness (QED) is 0.798. The topological polar surface area (TPSA) is 66.6 Å². The van der Waals surface area contributed by atoms with Crippen LogP contribution >= 0.6 is 0 Å². The van der Waals surface area contributed by atoms with Gasteiger partial charge in [0, 0.05) is 32.7 Å². The van der Waals surface area contributed by atoms with E-state index in [1.54, 1.807) is 11.4 Å². The smallest absolute Gasteiger partial charge is 0.281 e. The summed E-state index contributed by atoms with van der Waals surface area (Å²) in [6, 6.07) is 0.198. The van der Waals surface area contributed by atoms with Gasteiger partial charge in [0.1, 0.15) is 0 Å². The Labute approximate surface area is 109 Å². The van der Waals surface area contributed by atoms with E-state index in [0.29, 0.717) is 37.4 Å². The number of hydrogen-bond acceptors (Lipinski definition) is 3. The van der Waals surface area contributed by atoms with Crippen LogP contribution in [0, 0.1) is 17.8 Å². The van der Waals surface area contributed by atoms with Crippen LogP contribution in [0.1, 0.15) is 25.7 Å². The molecule has 104 valence electrons. The van der Waals surface area contributed by atoms with Gasteiger partial charge in [0.2, 0.25) is 0 Å². The van der Waals surface area contributed by atoms with Gasteiger partial charge >= 0.3 is 0 Å². The lowest BCUT2D eigenvalue weighted by Gasteiger charge is -2.25. The van der Waals surface area contributed by atoms with Gasteiger partial charge in [-0.1, -0.05) is 0 Å². The normalized spacial score (nSPS) is 37.4.